The molecule has 2 nitrogen and oxygen atoms in total. The van der Waals surface area contributed by atoms with Gasteiger partial charge in [0.05, 0.1) is 6.61 Å². The van der Waals surface area contributed by atoms with Crippen LogP contribution in [0.5, 0.6) is 0 Å². The molecule has 0 aromatic carbocycles. The zero-order valence-corrected chi connectivity index (χ0v) is 10.5. The maximum Gasteiger partial charge on any atom is 0.0621 e. The van der Waals surface area contributed by atoms with E-state index in [9.17, 15) is 0 Å². The second kappa shape index (κ2) is 8.25. The molecule has 0 aliphatic carbocycles. The molecule has 0 fully saturated rings. The minimum Gasteiger partial charge on any atom is -0.380 e. The van der Waals surface area contributed by atoms with Crippen LogP contribution in [-0.2, 0) is 4.74 Å². The molecular weight excluding hydrogens is 174 g/mol. The summed E-state index contributed by atoms with van der Waals surface area (Å²) in [5.41, 5.74) is 0. The lowest BCUT2D eigenvalue weighted by atomic mass is 10.0. The highest BCUT2D eigenvalue weighted by molar-refractivity contribution is 4.71. The van der Waals surface area contributed by atoms with Crippen molar-refractivity contribution in [2.75, 3.05) is 19.8 Å². The molecule has 0 aliphatic heterocycles. The number of ether oxygens (including phenoxy) is 1. The van der Waals surface area contributed by atoms with E-state index in [0.717, 1.165) is 25.7 Å². The van der Waals surface area contributed by atoms with Crippen LogP contribution in [0.25, 0.3) is 0 Å². The highest BCUT2D eigenvalue weighted by Crippen LogP contribution is 2.05. The number of rotatable bonds is 8. The van der Waals surface area contributed by atoms with Gasteiger partial charge in [-0.25, -0.2) is 0 Å². The molecule has 14 heavy (non-hydrogen) atoms. The molecule has 0 bridgehead atoms. The van der Waals surface area contributed by atoms with Gasteiger partial charge < -0.3 is 10.1 Å². The van der Waals surface area contributed by atoms with E-state index >= 15 is 0 Å². The summed E-state index contributed by atoms with van der Waals surface area (Å²) < 4.78 is 5.46. The van der Waals surface area contributed by atoms with Crippen LogP contribution in [0.1, 0.15) is 41.0 Å². The number of nitrogens with one attached hydrogen (secondary N) is 1. The summed E-state index contributed by atoms with van der Waals surface area (Å²) in [6, 6.07) is 0.504. The standard InChI is InChI=1S/C12H27NO/c1-6-11(5)8-13-12(10(3)4)9-14-7-2/h10-13H,6-9H2,1-5H3. The van der Waals surface area contributed by atoms with Crippen LogP contribution in [-0.4, -0.2) is 25.8 Å². The van der Waals surface area contributed by atoms with Crippen molar-refractivity contribution in [3.8, 4) is 0 Å². The van der Waals surface area contributed by atoms with Crippen LogP contribution in [0, 0.1) is 11.8 Å². The van der Waals surface area contributed by atoms with Gasteiger partial charge in [-0.15, -0.1) is 0 Å². The van der Waals surface area contributed by atoms with E-state index in [1.165, 1.54) is 6.42 Å². The summed E-state index contributed by atoms with van der Waals surface area (Å²) in [6.45, 7) is 13.8. The van der Waals surface area contributed by atoms with Gasteiger partial charge in [0.25, 0.3) is 0 Å². The van der Waals surface area contributed by atoms with E-state index in [2.05, 4.69) is 33.0 Å². The Labute approximate surface area is 89.4 Å². The van der Waals surface area contributed by atoms with E-state index in [1.54, 1.807) is 0 Å². The van der Waals surface area contributed by atoms with Gasteiger partial charge in [0, 0.05) is 12.6 Å². The zero-order valence-electron chi connectivity index (χ0n) is 10.5. The van der Waals surface area contributed by atoms with Crippen LogP contribution in [0.15, 0.2) is 0 Å². The van der Waals surface area contributed by atoms with Crippen LogP contribution in [0.4, 0.5) is 0 Å². The molecule has 86 valence electrons. The maximum absolute atomic E-state index is 5.46. The first-order chi connectivity index (χ1) is 6.61. The summed E-state index contributed by atoms with van der Waals surface area (Å²) in [4.78, 5) is 0. The number of hydrogen-bond donors (Lipinski definition) is 1. The average Bonchev–Trinajstić information content (AvgIpc) is 2.16. The summed E-state index contributed by atoms with van der Waals surface area (Å²) in [7, 11) is 0. The van der Waals surface area contributed by atoms with Crippen molar-refractivity contribution in [3.05, 3.63) is 0 Å². The molecule has 1 N–H and O–H groups in total. The highest BCUT2D eigenvalue weighted by atomic mass is 16.5. The first-order valence-electron chi connectivity index (χ1n) is 5.92. The Bertz CT molecular complexity index is 125. The van der Waals surface area contributed by atoms with Gasteiger partial charge in [-0.1, -0.05) is 34.1 Å². The molecule has 0 saturated carbocycles. The van der Waals surface area contributed by atoms with E-state index in [1.807, 2.05) is 6.92 Å². The Morgan fingerprint density at radius 3 is 2.21 bits per heavy atom. The molecule has 0 rings (SSSR count). The predicted octanol–water partition coefficient (Wildman–Crippen LogP) is 2.68. The summed E-state index contributed by atoms with van der Waals surface area (Å²) >= 11 is 0. The van der Waals surface area contributed by atoms with Crippen LogP contribution >= 0.6 is 0 Å². The van der Waals surface area contributed by atoms with E-state index < -0.39 is 0 Å². The topological polar surface area (TPSA) is 21.3 Å². The van der Waals surface area contributed by atoms with E-state index in [-0.39, 0.29) is 0 Å². The Hall–Kier alpha value is -0.0800. The van der Waals surface area contributed by atoms with Crippen molar-refractivity contribution in [2.45, 2.75) is 47.1 Å². The normalized spacial score (nSPS) is 15.9. The monoisotopic (exact) mass is 201 g/mol. The Morgan fingerprint density at radius 1 is 1.14 bits per heavy atom. The van der Waals surface area contributed by atoms with Crippen LogP contribution < -0.4 is 5.32 Å². The quantitative estimate of drug-likeness (QED) is 0.652. The molecule has 2 unspecified atom stereocenters. The van der Waals surface area contributed by atoms with Crippen molar-refractivity contribution < 1.29 is 4.74 Å². The maximum atomic E-state index is 5.46. The van der Waals surface area contributed by atoms with Gasteiger partial charge in [0.2, 0.25) is 0 Å². The molecule has 0 aliphatic rings. The molecular formula is C12H27NO. The summed E-state index contributed by atoms with van der Waals surface area (Å²) in [5.74, 6) is 1.41. The molecule has 0 heterocycles. The predicted molar refractivity (Wildman–Crippen MR) is 62.6 cm³/mol. The summed E-state index contributed by atoms with van der Waals surface area (Å²) in [5, 5.41) is 3.58. The summed E-state index contributed by atoms with van der Waals surface area (Å²) in [6.07, 6.45) is 1.24. The van der Waals surface area contributed by atoms with Gasteiger partial charge in [-0.2, -0.15) is 0 Å². The van der Waals surface area contributed by atoms with Crippen molar-refractivity contribution >= 4 is 0 Å². The van der Waals surface area contributed by atoms with Crippen LogP contribution in [0.3, 0.4) is 0 Å². The highest BCUT2D eigenvalue weighted by Gasteiger charge is 2.13. The molecule has 0 radical (unpaired) electrons. The van der Waals surface area contributed by atoms with Crippen molar-refractivity contribution in [2.24, 2.45) is 11.8 Å². The largest absolute Gasteiger partial charge is 0.380 e. The molecule has 0 spiro atoms. The van der Waals surface area contributed by atoms with E-state index in [4.69, 9.17) is 4.74 Å². The first kappa shape index (κ1) is 13.9. The van der Waals surface area contributed by atoms with Gasteiger partial charge in [0.15, 0.2) is 0 Å². The third kappa shape index (κ3) is 6.39. The molecule has 2 atom stereocenters. The minimum atomic E-state index is 0.504. The lowest BCUT2D eigenvalue weighted by molar-refractivity contribution is 0.107. The fourth-order valence-electron chi connectivity index (χ4n) is 1.23. The molecule has 0 saturated heterocycles. The van der Waals surface area contributed by atoms with Crippen molar-refractivity contribution in [1.82, 2.24) is 5.32 Å². The lowest BCUT2D eigenvalue weighted by Crippen LogP contribution is -2.40. The van der Waals surface area contributed by atoms with Gasteiger partial charge in [-0.3, -0.25) is 0 Å². The van der Waals surface area contributed by atoms with Crippen molar-refractivity contribution in [3.63, 3.8) is 0 Å². The zero-order chi connectivity index (χ0) is 11.0. The van der Waals surface area contributed by atoms with Gasteiger partial charge in [0.1, 0.15) is 0 Å². The lowest BCUT2D eigenvalue weighted by Gasteiger charge is -2.23. The third-order valence-corrected chi connectivity index (χ3v) is 2.73. The third-order valence-electron chi connectivity index (χ3n) is 2.73. The van der Waals surface area contributed by atoms with E-state index in [0.29, 0.717) is 12.0 Å². The molecule has 0 amide bonds. The Kier molecular flexibility index (Phi) is 8.20. The number of hydrogen-bond acceptors (Lipinski definition) is 2. The smallest absolute Gasteiger partial charge is 0.0621 e. The van der Waals surface area contributed by atoms with Gasteiger partial charge in [-0.05, 0) is 25.3 Å². The van der Waals surface area contributed by atoms with Crippen LogP contribution in [0.2, 0.25) is 0 Å². The SMILES string of the molecule is CCOCC(NCC(C)CC)C(C)C. The first-order valence-corrected chi connectivity index (χ1v) is 5.92. The Balaban J connectivity index is 3.73. The minimum absolute atomic E-state index is 0.504. The second-order valence-corrected chi connectivity index (χ2v) is 4.43. The average molecular weight is 201 g/mol. The van der Waals surface area contributed by atoms with Crippen molar-refractivity contribution in [1.29, 1.82) is 0 Å². The second-order valence-electron chi connectivity index (χ2n) is 4.43. The fourth-order valence-corrected chi connectivity index (χ4v) is 1.23. The molecule has 0 aromatic heterocycles. The van der Waals surface area contributed by atoms with Gasteiger partial charge >= 0.3 is 0 Å². The molecule has 0 aromatic rings. The molecule has 2 heteroatoms. The fraction of sp³-hybridized carbons (Fsp3) is 1.00. The Morgan fingerprint density at radius 2 is 1.79 bits per heavy atom.